The zero-order valence-corrected chi connectivity index (χ0v) is 22.6. The second-order valence-electron chi connectivity index (χ2n) is 10.0. The predicted octanol–water partition coefficient (Wildman–Crippen LogP) is 3.74. The number of tetrazole rings is 1. The number of nitrogens with one attached hydrogen (secondary N) is 1. The molecule has 1 amide bonds. The number of aliphatic carboxylic acids is 1. The molecule has 0 saturated carbocycles. The Labute approximate surface area is 228 Å². The van der Waals surface area contributed by atoms with Crippen molar-refractivity contribution in [3.63, 3.8) is 0 Å². The first-order valence-corrected chi connectivity index (χ1v) is 12.3. The van der Waals surface area contributed by atoms with E-state index in [9.17, 15) is 19.1 Å². The van der Waals surface area contributed by atoms with Gasteiger partial charge in [-0.1, -0.05) is 0 Å². The van der Waals surface area contributed by atoms with Gasteiger partial charge in [-0.05, 0) is 68.8 Å². The molecule has 0 bridgehead atoms. The maximum atomic E-state index is 14.7. The SMILES string of the molecule is Cc1cc(Oc2ncc(-c3ccnn3C)cc2F)ccc1-c1nnn(CC(CC(=O)O)NC(=O)OC(C)(C)C)n1. The van der Waals surface area contributed by atoms with Crippen molar-refractivity contribution in [3.05, 3.63) is 54.1 Å². The number of benzene rings is 1. The summed E-state index contributed by atoms with van der Waals surface area (Å²) in [6, 6.07) is 7.25. The Morgan fingerprint density at radius 2 is 1.98 bits per heavy atom. The van der Waals surface area contributed by atoms with Gasteiger partial charge >= 0.3 is 12.1 Å². The Kier molecular flexibility index (Phi) is 8.07. The number of aryl methyl sites for hydroxylation is 2. The van der Waals surface area contributed by atoms with E-state index in [1.54, 1.807) is 69.9 Å². The summed E-state index contributed by atoms with van der Waals surface area (Å²) < 4.78 is 27.2. The van der Waals surface area contributed by atoms with Crippen LogP contribution in [0, 0.1) is 12.7 Å². The minimum Gasteiger partial charge on any atom is -0.481 e. The lowest BCUT2D eigenvalue weighted by molar-refractivity contribution is -0.137. The van der Waals surface area contributed by atoms with E-state index in [-0.39, 0.29) is 24.7 Å². The van der Waals surface area contributed by atoms with E-state index in [0.29, 0.717) is 22.6 Å². The Balaban J connectivity index is 1.45. The molecule has 0 radical (unpaired) electrons. The first-order chi connectivity index (χ1) is 18.9. The molecule has 2 N–H and O–H groups in total. The van der Waals surface area contributed by atoms with Crippen LogP contribution >= 0.6 is 0 Å². The topological polar surface area (TPSA) is 159 Å². The average molecular weight is 553 g/mol. The van der Waals surface area contributed by atoms with E-state index >= 15 is 0 Å². The van der Waals surface area contributed by atoms with Gasteiger partial charge in [0.05, 0.1) is 24.7 Å². The summed E-state index contributed by atoms with van der Waals surface area (Å²) in [5.74, 6) is -1.27. The lowest BCUT2D eigenvalue weighted by Gasteiger charge is -2.22. The maximum Gasteiger partial charge on any atom is 0.407 e. The number of halogens is 1. The maximum absolute atomic E-state index is 14.7. The fourth-order valence-corrected chi connectivity index (χ4v) is 3.83. The van der Waals surface area contributed by atoms with Crippen molar-refractivity contribution < 1.29 is 28.6 Å². The molecule has 0 fully saturated rings. The molecule has 1 atom stereocenters. The van der Waals surface area contributed by atoms with Gasteiger partial charge in [-0.3, -0.25) is 9.48 Å². The minimum absolute atomic E-state index is 0.0431. The number of ether oxygens (including phenoxy) is 2. The fraction of sp³-hybridized carbons (Fsp3) is 0.346. The number of alkyl carbamates (subject to hydrolysis) is 1. The molecule has 3 heterocycles. The molecule has 13 nitrogen and oxygen atoms in total. The number of carboxylic acid groups (broad SMARTS) is 1. The highest BCUT2D eigenvalue weighted by molar-refractivity contribution is 5.71. The zero-order valence-electron chi connectivity index (χ0n) is 22.6. The van der Waals surface area contributed by atoms with Gasteiger partial charge in [-0.15, -0.1) is 10.2 Å². The van der Waals surface area contributed by atoms with Crippen LogP contribution < -0.4 is 10.1 Å². The number of aromatic nitrogens is 7. The average Bonchev–Trinajstić information content (AvgIpc) is 3.47. The van der Waals surface area contributed by atoms with Crippen LogP contribution in [0.4, 0.5) is 9.18 Å². The molecule has 0 aliphatic heterocycles. The Morgan fingerprint density at radius 3 is 2.60 bits per heavy atom. The van der Waals surface area contributed by atoms with Gasteiger partial charge in [0, 0.05) is 30.6 Å². The van der Waals surface area contributed by atoms with Crippen LogP contribution in [0.15, 0.2) is 42.7 Å². The van der Waals surface area contributed by atoms with E-state index in [1.807, 2.05) is 0 Å². The van der Waals surface area contributed by atoms with Gasteiger partial charge < -0.3 is 19.9 Å². The van der Waals surface area contributed by atoms with Crippen molar-refractivity contribution in [2.75, 3.05) is 0 Å². The van der Waals surface area contributed by atoms with Crippen molar-refractivity contribution >= 4 is 12.1 Å². The van der Waals surface area contributed by atoms with Crippen molar-refractivity contribution in [2.24, 2.45) is 7.05 Å². The second-order valence-corrected chi connectivity index (χ2v) is 10.0. The van der Waals surface area contributed by atoms with Crippen LogP contribution in [0.25, 0.3) is 22.6 Å². The van der Waals surface area contributed by atoms with Crippen LogP contribution in [-0.4, -0.2) is 63.8 Å². The quantitative estimate of drug-likeness (QED) is 0.313. The highest BCUT2D eigenvalue weighted by Crippen LogP contribution is 2.29. The molecular formula is C26H29FN8O5. The zero-order chi connectivity index (χ0) is 29.0. The number of carboxylic acids is 1. The van der Waals surface area contributed by atoms with Gasteiger partial charge in [-0.2, -0.15) is 9.90 Å². The molecule has 4 aromatic rings. The molecule has 40 heavy (non-hydrogen) atoms. The van der Waals surface area contributed by atoms with Crippen LogP contribution in [0.2, 0.25) is 0 Å². The number of nitrogens with zero attached hydrogens (tertiary/aromatic N) is 7. The Morgan fingerprint density at radius 1 is 1.20 bits per heavy atom. The number of carbonyl (C=O) groups excluding carboxylic acids is 1. The smallest absolute Gasteiger partial charge is 0.407 e. The highest BCUT2D eigenvalue weighted by atomic mass is 19.1. The molecular weight excluding hydrogens is 523 g/mol. The number of rotatable bonds is 9. The van der Waals surface area contributed by atoms with E-state index in [2.05, 4.69) is 30.8 Å². The van der Waals surface area contributed by atoms with Crippen LogP contribution in [0.3, 0.4) is 0 Å². The number of hydrogen-bond donors (Lipinski definition) is 2. The fourth-order valence-electron chi connectivity index (χ4n) is 3.83. The number of hydrogen-bond acceptors (Lipinski definition) is 9. The summed E-state index contributed by atoms with van der Waals surface area (Å²) >= 11 is 0. The van der Waals surface area contributed by atoms with E-state index < -0.39 is 29.5 Å². The summed E-state index contributed by atoms with van der Waals surface area (Å²) in [6.07, 6.45) is 2.01. The van der Waals surface area contributed by atoms with Crippen LogP contribution in [-0.2, 0) is 23.1 Å². The predicted molar refractivity (Wildman–Crippen MR) is 140 cm³/mol. The minimum atomic E-state index is -1.11. The molecule has 0 aliphatic carbocycles. The molecule has 1 aromatic carbocycles. The summed E-state index contributed by atoms with van der Waals surface area (Å²) in [6.45, 7) is 6.87. The molecule has 1 unspecified atom stereocenters. The molecule has 210 valence electrons. The normalized spacial score (nSPS) is 12.2. The monoisotopic (exact) mass is 552 g/mol. The molecule has 0 saturated heterocycles. The van der Waals surface area contributed by atoms with Crippen molar-refractivity contribution in [3.8, 4) is 34.3 Å². The van der Waals surface area contributed by atoms with E-state index in [0.717, 1.165) is 5.56 Å². The molecule has 3 aromatic heterocycles. The first-order valence-electron chi connectivity index (χ1n) is 12.3. The first kappa shape index (κ1) is 28.1. The molecule has 0 spiro atoms. The third-order valence-electron chi connectivity index (χ3n) is 5.56. The molecule has 0 aliphatic rings. The lowest BCUT2D eigenvalue weighted by Crippen LogP contribution is -2.42. The molecule has 14 heteroatoms. The number of carbonyl (C=O) groups is 2. The third-order valence-corrected chi connectivity index (χ3v) is 5.56. The van der Waals surface area contributed by atoms with Crippen molar-refractivity contribution in [1.29, 1.82) is 0 Å². The Hall–Kier alpha value is -4.88. The van der Waals surface area contributed by atoms with Gasteiger partial charge in [0.25, 0.3) is 5.88 Å². The third kappa shape index (κ3) is 7.15. The largest absolute Gasteiger partial charge is 0.481 e. The summed E-state index contributed by atoms with van der Waals surface area (Å²) in [5.41, 5.74) is 1.90. The highest BCUT2D eigenvalue weighted by Gasteiger charge is 2.23. The standard InChI is InChI=1S/C26H29FN8O5/c1-15-10-18(39-24-20(27)11-16(13-28-24)21-8-9-29-34(21)5)6-7-19(15)23-31-33-35(32-23)14-17(12-22(36)37)30-25(38)40-26(2,3)4/h6-11,13,17H,12,14H2,1-5H3,(H,30,38)(H,36,37). The van der Waals surface area contributed by atoms with Crippen LogP contribution in [0.5, 0.6) is 11.6 Å². The van der Waals surface area contributed by atoms with Crippen molar-refractivity contribution in [1.82, 2.24) is 40.3 Å². The van der Waals surface area contributed by atoms with E-state index in [4.69, 9.17) is 9.47 Å². The van der Waals surface area contributed by atoms with Crippen molar-refractivity contribution in [2.45, 2.75) is 52.3 Å². The number of amides is 1. The number of pyridine rings is 1. The summed E-state index contributed by atoms with van der Waals surface area (Å²) in [4.78, 5) is 28.8. The summed E-state index contributed by atoms with van der Waals surface area (Å²) in [5, 5.41) is 28.2. The van der Waals surface area contributed by atoms with E-state index in [1.165, 1.54) is 17.1 Å². The Bertz CT molecular complexity index is 1530. The van der Waals surface area contributed by atoms with Gasteiger partial charge in [-0.25, -0.2) is 14.2 Å². The molecule has 4 rings (SSSR count). The second kappa shape index (κ2) is 11.5. The lowest BCUT2D eigenvalue weighted by atomic mass is 10.1. The summed E-state index contributed by atoms with van der Waals surface area (Å²) in [7, 11) is 1.75. The van der Waals surface area contributed by atoms with Gasteiger partial charge in [0.15, 0.2) is 5.82 Å². The van der Waals surface area contributed by atoms with Gasteiger partial charge in [0.1, 0.15) is 11.4 Å². The van der Waals surface area contributed by atoms with Gasteiger partial charge in [0.2, 0.25) is 5.82 Å². The van der Waals surface area contributed by atoms with Crippen LogP contribution in [0.1, 0.15) is 32.8 Å².